The Morgan fingerprint density at radius 3 is 2.72 bits per heavy atom. The van der Waals surface area contributed by atoms with Crippen LogP contribution in [-0.2, 0) is 0 Å². The van der Waals surface area contributed by atoms with Crippen molar-refractivity contribution in [3.8, 4) is 11.5 Å². The maximum Gasteiger partial charge on any atom is 0.255 e. The number of nitrogens with one attached hydrogen (secondary N) is 1. The predicted octanol–water partition coefficient (Wildman–Crippen LogP) is 3.94. The highest BCUT2D eigenvalue weighted by atomic mass is 35.5. The molecule has 4 rings (SSSR count). The van der Waals surface area contributed by atoms with Crippen molar-refractivity contribution in [2.45, 2.75) is 45.8 Å². The first-order valence-corrected chi connectivity index (χ1v) is 9.44. The Kier molecular flexibility index (Phi) is 7.32. The molecule has 1 aliphatic heterocycles. The number of nitrogens with zero attached hydrogens (tertiary/aromatic N) is 4. The van der Waals surface area contributed by atoms with E-state index in [-0.39, 0.29) is 48.8 Å². The van der Waals surface area contributed by atoms with Gasteiger partial charge < -0.3 is 14.6 Å². The lowest BCUT2D eigenvalue weighted by atomic mass is 10.0. The Morgan fingerprint density at radius 1 is 1.31 bits per heavy atom. The zero-order valence-corrected chi connectivity index (χ0v) is 18.6. The normalized spacial score (nSPS) is 19.1. The maximum atomic E-state index is 13.5. The Labute approximate surface area is 182 Å². The summed E-state index contributed by atoms with van der Waals surface area (Å²) < 4.78 is 7.39. The van der Waals surface area contributed by atoms with Crippen LogP contribution in [0.1, 0.15) is 44.1 Å². The van der Waals surface area contributed by atoms with Crippen molar-refractivity contribution in [3.05, 3.63) is 36.2 Å². The van der Waals surface area contributed by atoms with Gasteiger partial charge >= 0.3 is 0 Å². The first-order chi connectivity index (χ1) is 13.0. The summed E-state index contributed by atoms with van der Waals surface area (Å²) in [5, 5.41) is 8.68. The number of carbonyl (C=O) groups excluding carboxylic acids is 1. The van der Waals surface area contributed by atoms with Crippen molar-refractivity contribution in [2.24, 2.45) is 0 Å². The molecule has 4 heterocycles. The van der Waals surface area contributed by atoms with Crippen molar-refractivity contribution in [2.75, 3.05) is 13.1 Å². The first kappa shape index (κ1) is 23.2. The second-order valence-corrected chi connectivity index (χ2v) is 7.43. The minimum Gasteiger partial charge on any atom is -0.463 e. The molecule has 1 fully saturated rings. The number of hydrogen-bond donors (Lipinski definition) is 1. The van der Waals surface area contributed by atoms with E-state index in [1.807, 2.05) is 27.8 Å². The lowest BCUT2D eigenvalue weighted by Crippen LogP contribution is -2.57. The third kappa shape index (κ3) is 4.13. The number of halogens is 2. The molecule has 0 bridgehead atoms. The van der Waals surface area contributed by atoms with Crippen LogP contribution in [0.4, 0.5) is 0 Å². The first-order valence-electron chi connectivity index (χ1n) is 9.44. The van der Waals surface area contributed by atoms with E-state index in [1.54, 1.807) is 12.5 Å². The molecule has 1 amide bonds. The number of furan rings is 1. The molecule has 7 nitrogen and oxygen atoms in total. The van der Waals surface area contributed by atoms with Crippen molar-refractivity contribution in [1.82, 2.24) is 25.0 Å². The highest BCUT2D eigenvalue weighted by molar-refractivity contribution is 6.06. The van der Waals surface area contributed by atoms with Crippen molar-refractivity contribution in [3.63, 3.8) is 0 Å². The number of fused-ring (bicyclic) bond motifs is 1. The second-order valence-electron chi connectivity index (χ2n) is 7.43. The molecule has 0 spiro atoms. The number of aromatic nitrogens is 3. The Hall–Kier alpha value is -2.09. The molecule has 2 unspecified atom stereocenters. The smallest absolute Gasteiger partial charge is 0.255 e. The maximum absolute atomic E-state index is 13.5. The number of amides is 1. The summed E-state index contributed by atoms with van der Waals surface area (Å²) in [5.41, 5.74) is 1.98. The largest absolute Gasteiger partial charge is 0.463 e. The van der Waals surface area contributed by atoms with Gasteiger partial charge in [-0.05, 0) is 45.9 Å². The van der Waals surface area contributed by atoms with E-state index in [9.17, 15) is 4.79 Å². The second kappa shape index (κ2) is 9.15. The van der Waals surface area contributed by atoms with Crippen LogP contribution in [-0.4, -0.2) is 50.7 Å². The van der Waals surface area contributed by atoms with Crippen LogP contribution in [0.15, 0.2) is 35.1 Å². The van der Waals surface area contributed by atoms with Gasteiger partial charge in [-0.3, -0.25) is 4.79 Å². The van der Waals surface area contributed by atoms with E-state index in [0.29, 0.717) is 29.2 Å². The zero-order valence-electron chi connectivity index (χ0n) is 17.0. The van der Waals surface area contributed by atoms with Gasteiger partial charge in [0.1, 0.15) is 5.69 Å². The van der Waals surface area contributed by atoms with Gasteiger partial charge in [-0.25, -0.2) is 9.67 Å². The Bertz CT molecular complexity index is 971. The third-order valence-electron chi connectivity index (χ3n) is 5.36. The molecule has 0 radical (unpaired) electrons. The molecular formula is C20H27Cl2N5O2. The van der Waals surface area contributed by atoms with Crippen LogP contribution in [0.25, 0.3) is 22.5 Å². The third-order valence-corrected chi connectivity index (χ3v) is 5.36. The van der Waals surface area contributed by atoms with Gasteiger partial charge in [0.05, 0.1) is 23.4 Å². The molecule has 158 valence electrons. The molecule has 29 heavy (non-hydrogen) atoms. The molecule has 3 aromatic heterocycles. The van der Waals surface area contributed by atoms with Crippen LogP contribution < -0.4 is 5.32 Å². The van der Waals surface area contributed by atoms with E-state index in [0.717, 1.165) is 11.9 Å². The van der Waals surface area contributed by atoms with E-state index in [4.69, 9.17) is 9.40 Å². The SMILES string of the molecule is CC1NCCN(C(=O)c2cc(-c3ccco3)nc3c2cnn3C(C)C)C1C.Cl.Cl. The molecule has 0 saturated carbocycles. The summed E-state index contributed by atoms with van der Waals surface area (Å²) in [7, 11) is 0. The molecule has 2 atom stereocenters. The standard InChI is InChI=1S/C20H25N5O2.2ClH/c1-12(2)25-19-16(11-22-25)15(10-17(23-19)18-6-5-9-27-18)20(26)24-8-7-21-13(3)14(24)4;;/h5-6,9-14,21H,7-8H2,1-4H3;2*1H. The average molecular weight is 440 g/mol. The number of carbonyl (C=O) groups is 1. The molecular weight excluding hydrogens is 413 g/mol. The monoisotopic (exact) mass is 439 g/mol. The fraction of sp³-hybridized carbons (Fsp3) is 0.450. The summed E-state index contributed by atoms with van der Waals surface area (Å²) in [4.78, 5) is 20.2. The fourth-order valence-electron chi connectivity index (χ4n) is 3.62. The van der Waals surface area contributed by atoms with Gasteiger partial charge in [-0.1, -0.05) is 0 Å². The molecule has 1 aliphatic rings. The fourth-order valence-corrected chi connectivity index (χ4v) is 3.62. The molecule has 3 aromatic rings. The summed E-state index contributed by atoms with van der Waals surface area (Å²) in [6.45, 7) is 9.77. The van der Waals surface area contributed by atoms with Gasteiger partial charge in [0.25, 0.3) is 5.91 Å². The van der Waals surface area contributed by atoms with E-state index in [2.05, 4.69) is 38.1 Å². The summed E-state index contributed by atoms with van der Waals surface area (Å²) in [6.07, 6.45) is 3.36. The molecule has 0 aromatic carbocycles. The highest BCUT2D eigenvalue weighted by Gasteiger charge is 2.31. The van der Waals surface area contributed by atoms with E-state index in [1.165, 1.54) is 0 Å². The van der Waals surface area contributed by atoms with Crippen molar-refractivity contribution >= 4 is 41.8 Å². The molecule has 0 aliphatic carbocycles. The van der Waals surface area contributed by atoms with E-state index < -0.39 is 0 Å². The van der Waals surface area contributed by atoms with E-state index >= 15 is 0 Å². The summed E-state index contributed by atoms with van der Waals surface area (Å²) in [5.74, 6) is 0.656. The van der Waals surface area contributed by atoms with Gasteiger partial charge in [0, 0.05) is 31.2 Å². The lowest BCUT2D eigenvalue weighted by molar-refractivity contribution is 0.0605. The quantitative estimate of drug-likeness (QED) is 0.668. The summed E-state index contributed by atoms with van der Waals surface area (Å²) >= 11 is 0. The highest BCUT2D eigenvalue weighted by Crippen LogP contribution is 2.28. The van der Waals surface area contributed by atoms with Crippen LogP contribution >= 0.6 is 24.8 Å². The van der Waals surface area contributed by atoms with Gasteiger partial charge in [0.15, 0.2) is 11.4 Å². The van der Waals surface area contributed by atoms with Gasteiger partial charge in [-0.15, -0.1) is 24.8 Å². The van der Waals surface area contributed by atoms with Crippen LogP contribution in [0.3, 0.4) is 0 Å². The topological polar surface area (TPSA) is 76.2 Å². The Balaban J connectivity index is 0.00000150. The van der Waals surface area contributed by atoms with Gasteiger partial charge in [-0.2, -0.15) is 5.10 Å². The number of rotatable bonds is 3. The molecule has 9 heteroatoms. The Morgan fingerprint density at radius 2 is 2.07 bits per heavy atom. The molecule has 1 N–H and O–H groups in total. The predicted molar refractivity (Wildman–Crippen MR) is 118 cm³/mol. The van der Waals surface area contributed by atoms with Crippen molar-refractivity contribution < 1.29 is 9.21 Å². The van der Waals surface area contributed by atoms with Crippen LogP contribution in [0, 0.1) is 0 Å². The zero-order chi connectivity index (χ0) is 19.1. The number of hydrogen-bond acceptors (Lipinski definition) is 5. The minimum atomic E-state index is 0. The molecule has 1 saturated heterocycles. The number of pyridine rings is 1. The van der Waals surface area contributed by atoms with Gasteiger partial charge in [0.2, 0.25) is 0 Å². The lowest BCUT2D eigenvalue weighted by Gasteiger charge is -2.38. The number of piperazine rings is 1. The summed E-state index contributed by atoms with van der Waals surface area (Å²) in [6, 6.07) is 6.01. The average Bonchev–Trinajstić information content (AvgIpc) is 3.32. The van der Waals surface area contributed by atoms with Crippen LogP contribution in [0.5, 0.6) is 0 Å². The minimum absolute atomic E-state index is 0. The van der Waals surface area contributed by atoms with Crippen molar-refractivity contribution in [1.29, 1.82) is 0 Å². The van der Waals surface area contributed by atoms with Crippen LogP contribution in [0.2, 0.25) is 0 Å².